The number of rotatable bonds is 9. The van der Waals surface area contributed by atoms with E-state index in [1.54, 1.807) is 43.5 Å². The SMILES string of the molecule is COCC(=O)Nc1cccc(CNC(=O)COc2ccccc2OC)c1. The van der Waals surface area contributed by atoms with E-state index in [-0.39, 0.29) is 25.0 Å². The molecule has 0 bridgehead atoms. The Balaban J connectivity index is 1.82. The Labute approximate surface area is 152 Å². The smallest absolute Gasteiger partial charge is 0.258 e. The fourth-order valence-corrected chi connectivity index (χ4v) is 2.22. The second-order valence-corrected chi connectivity index (χ2v) is 5.40. The number of carbonyl (C=O) groups is 2. The van der Waals surface area contributed by atoms with Gasteiger partial charge in [-0.25, -0.2) is 0 Å². The van der Waals surface area contributed by atoms with E-state index in [1.165, 1.54) is 7.11 Å². The van der Waals surface area contributed by atoms with Gasteiger partial charge in [-0.05, 0) is 29.8 Å². The minimum Gasteiger partial charge on any atom is -0.493 e. The summed E-state index contributed by atoms with van der Waals surface area (Å²) in [7, 11) is 3.00. The third kappa shape index (κ3) is 6.10. The molecule has 0 saturated carbocycles. The van der Waals surface area contributed by atoms with Crippen LogP contribution >= 0.6 is 0 Å². The summed E-state index contributed by atoms with van der Waals surface area (Å²) in [4.78, 5) is 23.5. The highest BCUT2D eigenvalue weighted by Gasteiger charge is 2.07. The molecule has 138 valence electrons. The van der Waals surface area contributed by atoms with Gasteiger partial charge in [-0.1, -0.05) is 24.3 Å². The number of amides is 2. The van der Waals surface area contributed by atoms with Crippen LogP contribution in [0.3, 0.4) is 0 Å². The molecule has 0 aliphatic carbocycles. The first-order valence-corrected chi connectivity index (χ1v) is 8.02. The summed E-state index contributed by atoms with van der Waals surface area (Å²) < 4.78 is 15.4. The predicted octanol–water partition coefficient (Wildman–Crippen LogP) is 1.98. The van der Waals surface area contributed by atoms with Crippen LogP contribution in [-0.2, 0) is 20.9 Å². The largest absolute Gasteiger partial charge is 0.493 e. The summed E-state index contributed by atoms with van der Waals surface area (Å²) >= 11 is 0. The molecule has 0 radical (unpaired) electrons. The van der Waals surface area contributed by atoms with Crippen molar-refractivity contribution in [2.45, 2.75) is 6.54 Å². The maximum atomic E-state index is 12.0. The third-order valence-electron chi connectivity index (χ3n) is 3.40. The fraction of sp³-hybridized carbons (Fsp3) is 0.263. The van der Waals surface area contributed by atoms with Crippen molar-refractivity contribution in [2.75, 3.05) is 32.8 Å². The summed E-state index contributed by atoms with van der Waals surface area (Å²) in [6, 6.07) is 14.3. The zero-order valence-electron chi connectivity index (χ0n) is 14.8. The molecule has 0 heterocycles. The number of hydrogen-bond acceptors (Lipinski definition) is 5. The molecule has 2 aromatic carbocycles. The van der Waals surface area contributed by atoms with Gasteiger partial charge in [0.1, 0.15) is 6.61 Å². The van der Waals surface area contributed by atoms with Crippen LogP contribution < -0.4 is 20.1 Å². The van der Waals surface area contributed by atoms with Crippen LogP contribution in [0.1, 0.15) is 5.56 Å². The van der Waals surface area contributed by atoms with E-state index in [2.05, 4.69) is 10.6 Å². The Morgan fingerprint density at radius 1 is 0.923 bits per heavy atom. The Kier molecular flexibility index (Phi) is 7.45. The van der Waals surface area contributed by atoms with Gasteiger partial charge in [0.15, 0.2) is 18.1 Å². The lowest BCUT2D eigenvalue weighted by Gasteiger charge is -2.11. The van der Waals surface area contributed by atoms with E-state index in [4.69, 9.17) is 14.2 Å². The third-order valence-corrected chi connectivity index (χ3v) is 3.40. The molecule has 0 aliphatic heterocycles. The first kappa shape index (κ1) is 19.3. The average molecular weight is 358 g/mol. The summed E-state index contributed by atoms with van der Waals surface area (Å²) in [6.45, 7) is 0.188. The van der Waals surface area contributed by atoms with Gasteiger partial charge in [0, 0.05) is 19.3 Å². The zero-order valence-corrected chi connectivity index (χ0v) is 14.8. The molecular weight excluding hydrogens is 336 g/mol. The Morgan fingerprint density at radius 3 is 2.42 bits per heavy atom. The van der Waals surface area contributed by atoms with E-state index in [9.17, 15) is 9.59 Å². The van der Waals surface area contributed by atoms with E-state index >= 15 is 0 Å². The first-order chi connectivity index (χ1) is 12.6. The molecule has 0 fully saturated rings. The molecule has 0 atom stereocenters. The van der Waals surface area contributed by atoms with Crippen LogP contribution in [0, 0.1) is 0 Å². The van der Waals surface area contributed by atoms with E-state index in [0.717, 1.165) is 5.56 Å². The van der Waals surface area contributed by atoms with Crippen LogP contribution in [-0.4, -0.2) is 39.2 Å². The molecule has 7 nitrogen and oxygen atoms in total. The van der Waals surface area contributed by atoms with Crippen LogP contribution in [0.25, 0.3) is 0 Å². The topological polar surface area (TPSA) is 85.9 Å². The zero-order chi connectivity index (χ0) is 18.8. The van der Waals surface area contributed by atoms with Crippen LogP contribution in [0.15, 0.2) is 48.5 Å². The number of methoxy groups -OCH3 is 2. The molecule has 0 unspecified atom stereocenters. The summed E-state index contributed by atoms with van der Waals surface area (Å²) in [5.41, 5.74) is 1.50. The number of hydrogen-bond donors (Lipinski definition) is 2. The highest BCUT2D eigenvalue weighted by Crippen LogP contribution is 2.25. The van der Waals surface area contributed by atoms with Crippen LogP contribution in [0.2, 0.25) is 0 Å². The van der Waals surface area contributed by atoms with Crippen molar-refractivity contribution in [1.29, 1.82) is 0 Å². The van der Waals surface area contributed by atoms with Crippen molar-refractivity contribution in [3.63, 3.8) is 0 Å². The molecule has 0 aliphatic rings. The van der Waals surface area contributed by atoms with Crippen LogP contribution in [0.4, 0.5) is 5.69 Å². The van der Waals surface area contributed by atoms with Crippen molar-refractivity contribution in [3.05, 3.63) is 54.1 Å². The molecule has 2 rings (SSSR count). The Hall–Kier alpha value is -3.06. The highest BCUT2D eigenvalue weighted by molar-refractivity contribution is 5.91. The number of ether oxygens (including phenoxy) is 3. The maximum Gasteiger partial charge on any atom is 0.258 e. The number of carbonyl (C=O) groups excluding carboxylic acids is 2. The van der Waals surface area contributed by atoms with Crippen molar-refractivity contribution in [2.24, 2.45) is 0 Å². The van der Waals surface area contributed by atoms with Gasteiger partial charge in [0.2, 0.25) is 5.91 Å². The molecule has 7 heteroatoms. The minimum atomic E-state index is -0.260. The molecule has 26 heavy (non-hydrogen) atoms. The molecule has 2 amide bonds. The van der Waals surface area contributed by atoms with Gasteiger partial charge in [-0.15, -0.1) is 0 Å². The summed E-state index contributed by atoms with van der Waals surface area (Å²) in [6.07, 6.45) is 0. The summed E-state index contributed by atoms with van der Waals surface area (Å²) in [5, 5.41) is 5.49. The number of anilines is 1. The molecule has 0 spiro atoms. The number of para-hydroxylation sites is 2. The monoisotopic (exact) mass is 358 g/mol. The van der Waals surface area contributed by atoms with Gasteiger partial charge in [0.25, 0.3) is 5.91 Å². The lowest BCUT2D eigenvalue weighted by atomic mass is 10.2. The molecule has 2 N–H and O–H groups in total. The fourth-order valence-electron chi connectivity index (χ4n) is 2.22. The molecule has 0 aromatic heterocycles. The highest BCUT2D eigenvalue weighted by atomic mass is 16.5. The van der Waals surface area contributed by atoms with Gasteiger partial charge < -0.3 is 24.8 Å². The van der Waals surface area contributed by atoms with Gasteiger partial charge in [-0.2, -0.15) is 0 Å². The molecule has 0 saturated heterocycles. The lowest BCUT2D eigenvalue weighted by Crippen LogP contribution is -2.28. The van der Waals surface area contributed by atoms with E-state index in [0.29, 0.717) is 23.7 Å². The second-order valence-electron chi connectivity index (χ2n) is 5.40. The standard InChI is InChI=1S/C19H22N2O5/c1-24-12-19(23)21-15-7-5-6-14(10-15)11-20-18(22)13-26-17-9-4-3-8-16(17)25-2/h3-10H,11-13H2,1-2H3,(H,20,22)(H,21,23). The van der Waals surface area contributed by atoms with Gasteiger partial charge >= 0.3 is 0 Å². The Morgan fingerprint density at radius 2 is 1.69 bits per heavy atom. The maximum absolute atomic E-state index is 12.0. The first-order valence-electron chi connectivity index (χ1n) is 8.02. The number of nitrogens with one attached hydrogen (secondary N) is 2. The van der Waals surface area contributed by atoms with Crippen molar-refractivity contribution in [1.82, 2.24) is 5.32 Å². The minimum absolute atomic E-state index is 0.0126. The molecular formula is C19H22N2O5. The van der Waals surface area contributed by atoms with E-state index < -0.39 is 0 Å². The van der Waals surface area contributed by atoms with Crippen molar-refractivity contribution < 1.29 is 23.8 Å². The van der Waals surface area contributed by atoms with Crippen LogP contribution in [0.5, 0.6) is 11.5 Å². The lowest BCUT2D eigenvalue weighted by molar-refractivity contribution is -0.123. The second kappa shape index (κ2) is 10.0. The average Bonchev–Trinajstić information content (AvgIpc) is 2.65. The Bertz CT molecular complexity index is 748. The van der Waals surface area contributed by atoms with Gasteiger partial charge in [0.05, 0.1) is 7.11 Å². The normalized spacial score (nSPS) is 10.1. The van der Waals surface area contributed by atoms with Crippen molar-refractivity contribution in [3.8, 4) is 11.5 Å². The number of benzene rings is 2. The molecule has 2 aromatic rings. The quantitative estimate of drug-likeness (QED) is 0.716. The van der Waals surface area contributed by atoms with Gasteiger partial charge in [-0.3, -0.25) is 9.59 Å². The summed E-state index contributed by atoms with van der Waals surface area (Å²) in [5.74, 6) is 0.580. The predicted molar refractivity (Wildman–Crippen MR) is 97.3 cm³/mol. The van der Waals surface area contributed by atoms with Crippen molar-refractivity contribution >= 4 is 17.5 Å². The van der Waals surface area contributed by atoms with E-state index in [1.807, 2.05) is 12.1 Å².